The summed E-state index contributed by atoms with van der Waals surface area (Å²) in [4.78, 5) is 7.61. The van der Waals surface area contributed by atoms with Gasteiger partial charge in [-0.15, -0.1) is 0 Å². The van der Waals surface area contributed by atoms with Crippen LogP contribution in [-0.2, 0) is 0 Å². The van der Waals surface area contributed by atoms with Gasteiger partial charge in [0.15, 0.2) is 0 Å². The highest BCUT2D eigenvalue weighted by molar-refractivity contribution is 7.00. The molecule has 3 nitrogen and oxygen atoms in total. The highest BCUT2D eigenvalue weighted by Gasteiger charge is 2.44. The maximum atomic E-state index is 2.55. The summed E-state index contributed by atoms with van der Waals surface area (Å²) in [5.74, 6) is 0. The van der Waals surface area contributed by atoms with Crippen molar-refractivity contribution in [2.75, 3.05) is 14.7 Å². The molecule has 0 aromatic heterocycles. The van der Waals surface area contributed by atoms with Crippen molar-refractivity contribution in [3.05, 3.63) is 303 Å². The molecular weight excluding hydrogens is 942 g/mol. The Hall–Kier alpha value is -10.2. The lowest BCUT2D eigenvalue weighted by Crippen LogP contribution is -2.61. The first-order valence-electron chi connectivity index (χ1n) is 26.9. The van der Waals surface area contributed by atoms with Crippen molar-refractivity contribution in [1.82, 2.24) is 0 Å². The molecule has 0 bridgehead atoms. The third-order valence-electron chi connectivity index (χ3n) is 16.0. The second kappa shape index (κ2) is 18.9. The highest BCUT2D eigenvalue weighted by Crippen LogP contribution is 2.50. The average molecular weight is 992 g/mol. The van der Waals surface area contributed by atoms with Gasteiger partial charge in [0.05, 0.1) is 17.1 Å². The van der Waals surface area contributed by atoms with Crippen LogP contribution in [0.3, 0.4) is 0 Å². The maximum absolute atomic E-state index is 2.55. The quantitative estimate of drug-likeness (QED) is 0.133. The second-order valence-corrected chi connectivity index (χ2v) is 20.4. The Morgan fingerprint density at radius 2 is 0.590 bits per heavy atom. The predicted molar refractivity (Wildman–Crippen MR) is 332 cm³/mol. The lowest BCUT2D eigenvalue weighted by atomic mass is 9.33. The number of fused-ring (bicyclic) bond motifs is 6. The molecule has 0 N–H and O–H groups in total. The monoisotopic (exact) mass is 991 g/mol. The molecule has 15 rings (SSSR count). The third kappa shape index (κ3) is 7.68. The Morgan fingerprint density at radius 1 is 0.256 bits per heavy atom. The van der Waals surface area contributed by atoms with Crippen molar-refractivity contribution in [2.24, 2.45) is 0 Å². The van der Waals surface area contributed by atoms with Crippen LogP contribution in [0.15, 0.2) is 303 Å². The molecule has 2 heterocycles. The third-order valence-corrected chi connectivity index (χ3v) is 16.0. The molecule has 0 aliphatic carbocycles. The predicted octanol–water partition coefficient (Wildman–Crippen LogP) is 18.2. The van der Waals surface area contributed by atoms with E-state index in [1.165, 1.54) is 82.4 Å². The van der Waals surface area contributed by atoms with Gasteiger partial charge in [0.2, 0.25) is 0 Å². The normalized spacial score (nSPS) is 12.3. The topological polar surface area (TPSA) is 9.72 Å². The largest absolute Gasteiger partial charge is 0.311 e. The lowest BCUT2D eigenvalue weighted by Gasteiger charge is -2.45. The van der Waals surface area contributed by atoms with Gasteiger partial charge in [-0.3, -0.25) is 0 Å². The van der Waals surface area contributed by atoms with E-state index in [2.05, 4.69) is 318 Å². The van der Waals surface area contributed by atoms with Crippen molar-refractivity contribution in [1.29, 1.82) is 0 Å². The molecule has 0 radical (unpaired) electrons. The van der Waals surface area contributed by atoms with E-state index >= 15 is 0 Å². The van der Waals surface area contributed by atoms with Crippen molar-refractivity contribution < 1.29 is 0 Å². The fraction of sp³-hybridized carbons (Fsp3) is 0. The number of rotatable bonds is 9. The molecule has 0 saturated heterocycles. The molecule has 2 aliphatic heterocycles. The number of hydrogen-bond donors (Lipinski definition) is 0. The van der Waals surface area contributed by atoms with Crippen LogP contribution < -0.4 is 31.1 Å². The molecule has 2 aliphatic rings. The summed E-state index contributed by atoms with van der Waals surface area (Å²) >= 11 is 0. The van der Waals surface area contributed by atoms with Gasteiger partial charge in [0.1, 0.15) is 0 Å². The molecule has 0 amide bonds. The first-order valence-corrected chi connectivity index (χ1v) is 26.9. The van der Waals surface area contributed by atoms with Gasteiger partial charge in [-0.1, -0.05) is 243 Å². The summed E-state index contributed by atoms with van der Waals surface area (Å²) in [6.45, 7) is -0.135. The van der Waals surface area contributed by atoms with Crippen LogP contribution >= 0.6 is 0 Å². The minimum atomic E-state index is -0.135. The minimum Gasteiger partial charge on any atom is -0.311 e. The molecule has 364 valence electrons. The molecule has 4 heteroatoms. The van der Waals surface area contributed by atoms with E-state index in [9.17, 15) is 0 Å². The van der Waals surface area contributed by atoms with Gasteiger partial charge in [0, 0.05) is 44.9 Å². The molecule has 13 aromatic carbocycles. The molecule has 0 atom stereocenters. The summed E-state index contributed by atoms with van der Waals surface area (Å²) in [5, 5.41) is 4.73. The zero-order chi connectivity index (χ0) is 51.5. The fourth-order valence-electron chi connectivity index (χ4n) is 12.4. The van der Waals surface area contributed by atoms with Crippen molar-refractivity contribution in [3.63, 3.8) is 0 Å². The van der Waals surface area contributed by atoms with Crippen LogP contribution in [0.4, 0.5) is 51.2 Å². The molecule has 13 aromatic rings. The first kappa shape index (κ1) is 45.3. The van der Waals surface area contributed by atoms with Gasteiger partial charge in [0.25, 0.3) is 6.71 Å². The van der Waals surface area contributed by atoms with E-state index < -0.39 is 0 Å². The van der Waals surface area contributed by atoms with E-state index in [0.29, 0.717) is 0 Å². The van der Waals surface area contributed by atoms with E-state index in [0.717, 1.165) is 51.2 Å². The number of anilines is 9. The van der Waals surface area contributed by atoms with E-state index in [-0.39, 0.29) is 6.71 Å². The van der Waals surface area contributed by atoms with Gasteiger partial charge >= 0.3 is 0 Å². The summed E-state index contributed by atoms with van der Waals surface area (Å²) in [7, 11) is 0. The molecule has 78 heavy (non-hydrogen) atoms. The Kier molecular flexibility index (Phi) is 11.0. The molecule has 0 saturated carbocycles. The summed E-state index contributed by atoms with van der Waals surface area (Å²) in [6, 6.07) is 112. The standard InChI is InChI=1S/C74H50BN3/c1-5-19-51(20-6-1)55-35-41-61(42-36-55)76-70-45-39-59(53-23-9-3-10-24-53)47-66(70)75-67-48-60(54-25-11-4-12-26-54)40-46-71(67)77(62-43-37-56(38-44-62)52-21-7-2-8-22-52)73-50-63(49-72(76)74(73)75)78(68-33-17-29-57-27-13-15-31-64(57)68)69-34-18-30-58-28-14-16-32-65(58)69/h1-50H. The maximum Gasteiger partial charge on any atom is 0.252 e. The smallest absolute Gasteiger partial charge is 0.252 e. The minimum absolute atomic E-state index is 0.135. The molecular formula is C74H50BN3. The van der Waals surface area contributed by atoms with Gasteiger partial charge in [-0.05, 0) is 132 Å². The van der Waals surface area contributed by atoms with Crippen LogP contribution in [0.5, 0.6) is 0 Å². The Morgan fingerprint density at radius 3 is 1.00 bits per heavy atom. The van der Waals surface area contributed by atoms with E-state index in [1.807, 2.05) is 0 Å². The van der Waals surface area contributed by atoms with Gasteiger partial charge in [-0.2, -0.15) is 0 Å². The van der Waals surface area contributed by atoms with E-state index in [1.54, 1.807) is 0 Å². The first-order chi connectivity index (χ1) is 38.7. The van der Waals surface area contributed by atoms with Crippen molar-refractivity contribution in [3.8, 4) is 44.5 Å². The summed E-state index contributed by atoms with van der Waals surface area (Å²) in [5.41, 5.74) is 23.3. The number of benzene rings is 13. The van der Waals surface area contributed by atoms with Crippen LogP contribution in [0, 0.1) is 0 Å². The van der Waals surface area contributed by atoms with Crippen molar-refractivity contribution >= 4 is 95.8 Å². The zero-order valence-corrected chi connectivity index (χ0v) is 42.8. The number of nitrogens with zero attached hydrogens (tertiary/aromatic N) is 3. The highest BCUT2D eigenvalue weighted by atomic mass is 15.2. The number of hydrogen-bond acceptors (Lipinski definition) is 3. The molecule has 0 fully saturated rings. The Labute approximate surface area is 455 Å². The molecule has 0 spiro atoms. The van der Waals surface area contributed by atoms with Crippen LogP contribution in [0.2, 0.25) is 0 Å². The summed E-state index contributed by atoms with van der Waals surface area (Å²) < 4.78 is 0. The Bertz CT molecular complexity index is 4080. The molecule has 0 unspecified atom stereocenters. The van der Waals surface area contributed by atoms with E-state index in [4.69, 9.17) is 0 Å². The summed E-state index contributed by atoms with van der Waals surface area (Å²) in [6.07, 6.45) is 0. The Balaban J connectivity index is 1.06. The van der Waals surface area contributed by atoms with Crippen molar-refractivity contribution in [2.45, 2.75) is 0 Å². The lowest BCUT2D eigenvalue weighted by molar-refractivity contribution is 1.23. The van der Waals surface area contributed by atoms with Gasteiger partial charge in [-0.25, -0.2) is 0 Å². The van der Waals surface area contributed by atoms with Gasteiger partial charge < -0.3 is 14.7 Å². The second-order valence-electron chi connectivity index (χ2n) is 20.4. The fourth-order valence-corrected chi connectivity index (χ4v) is 12.4. The SMILES string of the molecule is c1ccc(-c2ccc(N3c4ccc(-c5ccccc5)cc4B4c5cc(-c6ccccc6)ccc5N(c5ccc(-c6ccccc6)cc5)c5cc(N(c6cccc7ccccc67)c6cccc7ccccc67)cc3c54)cc2)cc1. The average Bonchev–Trinajstić information content (AvgIpc) is 3.67. The van der Waals surface area contributed by atoms with Crippen LogP contribution in [0.25, 0.3) is 66.1 Å². The van der Waals surface area contributed by atoms with Crippen LogP contribution in [-0.4, -0.2) is 6.71 Å². The zero-order valence-electron chi connectivity index (χ0n) is 42.8. The van der Waals surface area contributed by atoms with Crippen LogP contribution in [0.1, 0.15) is 0 Å².